The molecule has 0 spiro atoms. The first-order valence-corrected chi connectivity index (χ1v) is 11.3. The van der Waals surface area contributed by atoms with Gasteiger partial charge in [-0.25, -0.2) is 0 Å². The van der Waals surface area contributed by atoms with E-state index in [1.807, 2.05) is 17.0 Å². The second-order valence-electron chi connectivity index (χ2n) is 9.24. The topological polar surface area (TPSA) is 60.9 Å². The second-order valence-corrected chi connectivity index (χ2v) is 9.24. The molecule has 1 aliphatic carbocycles. The number of nitrogens with zero attached hydrogens (tertiary/aromatic N) is 2. The summed E-state index contributed by atoms with van der Waals surface area (Å²) in [4.78, 5) is 29.4. The van der Waals surface area contributed by atoms with Crippen molar-refractivity contribution in [1.29, 1.82) is 0 Å². The normalized spacial score (nSPS) is 26.7. The molecule has 160 valence electrons. The van der Waals surface area contributed by atoms with Gasteiger partial charge in [-0.1, -0.05) is 57.1 Å². The van der Waals surface area contributed by atoms with E-state index in [2.05, 4.69) is 37.8 Å². The summed E-state index contributed by atoms with van der Waals surface area (Å²) in [5.41, 5.74) is 2.07. The van der Waals surface area contributed by atoms with Crippen molar-refractivity contribution in [2.45, 2.75) is 64.0 Å². The predicted octanol–water partition coefficient (Wildman–Crippen LogP) is 2.77. The van der Waals surface area contributed by atoms with Crippen LogP contribution in [0.15, 0.2) is 24.3 Å². The Bertz CT molecular complexity index is 845. The van der Waals surface area contributed by atoms with Crippen LogP contribution in [-0.2, 0) is 9.59 Å². The lowest BCUT2D eigenvalue weighted by Gasteiger charge is -2.59. The van der Waals surface area contributed by atoms with Crippen LogP contribution in [0.25, 0.3) is 0 Å². The minimum atomic E-state index is -0.206. The maximum Gasteiger partial charge on any atom is 0.242 e. The highest BCUT2D eigenvalue weighted by Crippen LogP contribution is 2.43. The Hall–Kier alpha value is -2.32. The zero-order valence-corrected chi connectivity index (χ0v) is 18.0. The molecule has 0 radical (unpaired) electrons. The van der Waals surface area contributed by atoms with Gasteiger partial charge in [0.15, 0.2) is 0 Å². The summed E-state index contributed by atoms with van der Waals surface area (Å²) < 4.78 is 0. The number of hydrogen-bond acceptors (Lipinski definition) is 3. The van der Waals surface area contributed by atoms with Crippen LogP contribution in [0, 0.1) is 23.7 Å². The molecule has 1 N–H and O–H groups in total. The summed E-state index contributed by atoms with van der Waals surface area (Å²) in [6.07, 6.45) is 5.31. The van der Waals surface area contributed by atoms with Crippen LogP contribution in [0.3, 0.4) is 0 Å². The van der Waals surface area contributed by atoms with E-state index < -0.39 is 0 Å². The quantitative estimate of drug-likeness (QED) is 0.783. The number of fused-ring (bicyclic) bond motifs is 1. The van der Waals surface area contributed by atoms with Gasteiger partial charge in [-0.15, -0.1) is 0 Å². The van der Waals surface area contributed by atoms with Crippen molar-refractivity contribution in [3.8, 4) is 11.8 Å². The Kier molecular flexibility index (Phi) is 6.15. The maximum atomic E-state index is 13.0. The largest absolute Gasteiger partial charge is 0.394 e. The molecule has 1 saturated carbocycles. The Labute approximate surface area is 179 Å². The van der Waals surface area contributed by atoms with Crippen molar-refractivity contribution in [3.63, 3.8) is 0 Å². The standard InChI is InChI=1S/C25H32N2O3/c1-17(2)8-9-18-10-12-19(13-11-18)24-21-14-26(15-23(29)27(21)22(24)16-28)25(30)20-6-4-3-5-7-20/h10-13,17,20-22,24,28H,3-7,14-16H2,1-2H3/t21-,22-,24-/m0/s1. The van der Waals surface area contributed by atoms with Crippen LogP contribution in [0.4, 0.5) is 0 Å². The molecule has 3 fully saturated rings. The third kappa shape index (κ3) is 3.98. The van der Waals surface area contributed by atoms with Gasteiger partial charge >= 0.3 is 0 Å². The second kappa shape index (κ2) is 8.81. The van der Waals surface area contributed by atoms with Gasteiger partial charge in [0.1, 0.15) is 0 Å². The predicted molar refractivity (Wildman–Crippen MR) is 116 cm³/mol. The molecule has 4 rings (SSSR count). The molecule has 5 heteroatoms. The molecular formula is C25H32N2O3. The molecule has 3 aliphatic rings. The van der Waals surface area contributed by atoms with Crippen LogP contribution in [0.5, 0.6) is 0 Å². The van der Waals surface area contributed by atoms with E-state index in [4.69, 9.17) is 0 Å². The highest BCUT2D eigenvalue weighted by atomic mass is 16.3. The van der Waals surface area contributed by atoms with Crippen molar-refractivity contribution < 1.29 is 14.7 Å². The summed E-state index contributed by atoms with van der Waals surface area (Å²) in [5, 5.41) is 9.96. The fraction of sp³-hybridized carbons (Fsp3) is 0.600. The molecule has 1 aromatic rings. The third-order valence-electron chi connectivity index (χ3n) is 6.82. The summed E-state index contributed by atoms with van der Waals surface area (Å²) in [7, 11) is 0. The van der Waals surface area contributed by atoms with Crippen LogP contribution in [0.1, 0.15) is 63.0 Å². The molecule has 1 aromatic carbocycles. The van der Waals surface area contributed by atoms with Gasteiger partial charge in [0, 0.05) is 29.9 Å². The Morgan fingerprint density at radius 2 is 1.87 bits per heavy atom. The van der Waals surface area contributed by atoms with Crippen LogP contribution < -0.4 is 0 Å². The molecule has 5 nitrogen and oxygen atoms in total. The number of benzene rings is 1. The number of aliphatic hydroxyl groups excluding tert-OH is 1. The van der Waals surface area contributed by atoms with Gasteiger partial charge < -0.3 is 14.9 Å². The van der Waals surface area contributed by atoms with E-state index in [0.717, 1.165) is 36.8 Å². The Morgan fingerprint density at radius 3 is 2.50 bits per heavy atom. The SMILES string of the molecule is CC(C)C#Cc1ccc([C@@H]2[C@H](CO)N3C(=O)CN(C(=O)C4CCCCC4)C[C@@H]23)cc1. The Morgan fingerprint density at radius 1 is 1.17 bits per heavy atom. The molecule has 0 aromatic heterocycles. The zero-order chi connectivity index (χ0) is 21.3. The molecule has 3 atom stereocenters. The number of aliphatic hydroxyl groups is 1. The number of rotatable bonds is 3. The van der Waals surface area contributed by atoms with Crippen molar-refractivity contribution in [2.24, 2.45) is 11.8 Å². The summed E-state index contributed by atoms with van der Waals surface area (Å²) >= 11 is 0. The molecular weight excluding hydrogens is 376 g/mol. The molecule has 2 heterocycles. The summed E-state index contributed by atoms with van der Waals surface area (Å²) in [5.74, 6) is 6.90. The highest BCUT2D eigenvalue weighted by molar-refractivity contribution is 5.88. The number of hydrogen-bond donors (Lipinski definition) is 1. The van der Waals surface area contributed by atoms with Gasteiger partial charge in [0.05, 0.1) is 25.2 Å². The lowest BCUT2D eigenvalue weighted by molar-refractivity contribution is -0.168. The lowest BCUT2D eigenvalue weighted by Crippen LogP contribution is -2.73. The molecule has 2 amide bonds. The van der Waals surface area contributed by atoms with Crippen LogP contribution in [-0.4, -0.2) is 58.5 Å². The summed E-state index contributed by atoms with van der Waals surface area (Å²) in [6.45, 7) is 4.79. The zero-order valence-electron chi connectivity index (χ0n) is 18.0. The van der Waals surface area contributed by atoms with Gasteiger partial charge in [-0.05, 0) is 30.5 Å². The average Bonchev–Trinajstić information content (AvgIpc) is 2.74. The van der Waals surface area contributed by atoms with Crippen molar-refractivity contribution >= 4 is 11.8 Å². The molecule has 2 saturated heterocycles. The number of carbonyl (C=O) groups excluding carboxylic acids is 2. The van der Waals surface area contributed by atoms with E-state index in [9.17, 15) is 14.7 Å². The smallest absolute Gasteiger partial charge is 0.242 e. The Balaban J connectivity index is 1.51. The minimum absolute atomic E-state index is 0.0369. The van der Waals surface area contributed by atoms with Gasteiger partial charge in [0.2, 0.25) is 11.8 Å². The minimum Gasteiger partial charge on any atom is -0.394 e. The van der Waals surface area contributed by atoms with Crippen LogP contribution in [0.2, 0.25) is 0 Å². The third-order valence-corrected chi connectivity index (χ3v) is 6.82. The fourth-order valence-electron chi connectivity index (χ4n) is 5.29. The van der Waals surface area contributed by atoms with Crippen molar-refractivity contribution in [2.75, 3.05) is 19.7 Å². The molecule has 0 bridgehead atoms. The first-order valence-electron chi connectivity index (χ1n) is 11.3. The first kappa shape index (κ1) is 20.9. The monoisotopic (exact) mass is 408 g/mol. The van der Waals surface area contributed by atoms with Gasteiger partial charge in [-0.2, -0.15) is 0 Å². The maximum absolute atomic E-state index is 13.0. The first-order chi connectivity index (χ1) is 14.5. The average molecular weight is 409 g/mol. The van der Waals surface area contributed by atoms with E-state index in [1.54, 1.807) is 4.90 Å². The van der Waals surface area contributed by atoms with Crippen molar-refractivity contribution in [1.82, 2.24) is 9.80 Å². The number of piperazine rings is 1. The molecule has 0 unspecified atom stereocenters. The van der Waals surface area contributed by atoms with Gasteiger partial charge in [-0.3, -0.25) is 9.59 Å². The van der Waals surface area contributed by atoms with Crippen molar-refractivity contribution in [3.05, 3.63) is 35.4 Å². The fourth-order valence-corrected chi connectivity index (χ4v) is 5.29. The molecule has 30 heavy (non-hydrogen) atoms. The number of amides is 2. The highest BCUT2D eigenvalue weighted by Gasteiger charge is 2.54. The van der Waals surface area contributed by atoms with E-state index in [-0.39, 0.29) is 48.9 Å². The van der Waals surface area contributed by atoms with Gasteiger partial charge in [0.25, 0.3) is 0 Å². The van der Waals surface area contributed by atoms with E-state index in [1.165, 1.54) is 6.42 Å². The van der Waals surface area contributed by atoms with E-state index in [0.29, 0.717) is 12.5 Å². The summed E-state index contributed by atoms with van der Waals surface area (Å²) in [6, 6.07) is 7.88. The molecule has 2 aliphatic heterocycles. The lowest BCUT2D eigenvalue weighted by atomic mass is 9.73. The number of carbonyl (C=O) groups is 2. The van der Waals surface area contributed by atoms with Crippen LogP contribution >= 0.6 is 0 Å². The van der Waals surface area contributed by atoms with E-state index >= 15 is 0 Å².